The molecule has 2 aliphatic rings. The van der Waals surface area contributed by atoms with Crippen molar-refractivity contribution >= 4 is 5.90 Å². The number of ether oxygens (including phenoxy) is 2. The number of nitrogens with one attached hydrogen (secondary N) is 1. The minimum absolute atomic E-state index is 0.104. The summed E-state index contributed by atoms with van der Waals surface area (Å²) in [5.41, 5.74) is 2.24. The van der Waals surface area contributed by atoms with E-state index < -0.39 is 0 Å². The van der Waals surface area contributed by atoms with Crippen LogP contribution in [0.25, 0.3) is 0 Å². The van der Waals surface area contributed by atoms with Crippen molar-refractivity contribution < 1.29 is 9.47 Å². The molecule has 1 N–H and O–H groups in total. The van der Waals surface area contributed by atoms with Gasteiger partial charge in [-0.1, -0.05) is 18.2 Å². The summed E-state index contributed by atoms with van der Waals surface area (Å²) in [6, 6.07) is 8.19. The molecule has 0 aliphatic carbocycles. The van der Waals surface area contributed by atoms with Crippen molar-refractivity contribution in [2.45, 2.75) is 6.10 Å². The van der Waals surface area contributed by atoms with Crippen molar-refractivity contribution in [1.29, 1.82) is 0 Å². The zero-order chi connectivity index (χ0) is 11.5. The molecular formula is C13H16N2O2. The van der Waals surface area contributed by atoms with Crippen LogP contribution < -0.4 is 5.32 Å². The predicted molar refractivity (Wildman–Crippen MR) is 65.4 cm³/mol. The van der Waals surface area contributed by atoms with Gasteiger partial charge in [0.2, 0.25) is 5.90 Å². The summed E-state index contributed by atoms with van der Waals surface area (Å²) in [5, 5.41) is 3.35. The highest BCUT2D eigenvalue weighted by atomic mass is 16.5. The molecule has 4 nitrogen and oxygen atoms in total. The van der Waals surface area contributed by atoms with E-state index in [9.17, 15) is 0 Å². The second-order valence-electron chi connectivity index (χ2n) is 4.19. The fourth-order valence-electron chi connectivity index (χ4n) is 2.24. The Morgan fingerprint density at radius 3 is 2.94 bits per heavy atom. The molecule has 1 fully saturated rings. The van der Waals surface area contributed by atoms with Gasteiger partial charge in [0.25, 0.3) is 0 Å². The fraction of sp³-hybridized carbons (Fsp3) is 0.462. The van der Waals surface area contributed by atoms with Crippen LogP contribution in [0, 0.1) is 0 Å². The SMILES string of the molecule is c1ccc(C2CNCCO2)c(C2=NCCO2)c1. The third kappa shape index (κ3) is 2.18. The minimum Gasteiger partial charge on any atom is -0.476 e. The number of hydrogen-bond acceptors (Lipinski definition) is 4. The average Bonchev–Trinajstić information content (AvgIpc) is 2.94. The molecule has 3 rings (SSSR count). The standard InChI is InChI=1S/C13H16N2O2/c1-2-4-11(13-15-6-8-17-13)10(3-1)12-9-14-5-7-16-12/h1-4,12,14H,5-9H2. The van der Waals surface area contributed by atoms with Crippen LogP contribution >= 0.6 is 0 Å². The third-order valence-corrected chi connectivity index (χ3v) is 3.05. The first-order valence-corrected chi connectivity index (χ1v) is 6.04. The van der Waals surface area contributed by atoms with Gasteiger partial charge in [-0.2, -0.15) is 0 Å². The molecule has 1 saturated heterocycles. The highest BCUT2D eigenvalue weighted by Crippen LogP contribution is 2.24. The summed E-state index contributed by atoms with van der Waals surface area (Å²) in [6.45, 7) is 3.98. The van der Waals surface area contributed by atoms with E-state index in [2.05, 4.69) is 22.4 Å². The average molecular weight is 232 g/mol. The first-order chi connectivity index (χ1) is 8.45. The van der Waals surface area contributed by atoms with Crippen LogP contribution in [-0.4, -0.2) is 38.7 Å². The maximum absolute atomic E-state index is 5.79. The number of rotatable bonds is 2. The molecule has 2 aliphatic heterocycles. The van der Waals surface area contributed by atoms with Crippen molar-refractivity contribution in [3.8, 4) is 0 Å². The van der Waals surface area contributed by atoms with Gasteiger partial charge in [0, 0.05) is 18.7 Å². The highest BCUT2D eigenvalue weighted by molar-refractivity contribution is 5.96. The fourth-order valence-corrected chi connectivity index (χ4v) is 2.24. The smallest absolute Gasteiger partial charge is 0.216 e. The molecule has 0 spiro atoms. The lowest BCUT2D eigenvalue weighted by Crippen LogP contribution is -2.34. The van der Waals surface area contributed by atoms with Gasteiger partial charge in [-0.25, -0.2) is 4.99 Å². The zero-order valence-corrected chi connectivity index (χ0v) is 9.69. The Bertz CT molecular complexity index is 425. The molecule has 90 valence electrons. The van der Waals surface area contributed by atoms with Crippen molar-refractivity contribution in [3.05, 3.63) is 35.4 Å². The first-order valence-electron chi connectivity index (χ1n) is 6.04. The van der Waals surface area contributed by atoms with Crippen LogP contribution in [0.5, 0.6) is 0 Å². The zero-order valence-electron chi connectivity index (χ0n) is 9.69. The van der Waals surface area contributed by atoms with E-state index in [0.29, 0.717) is 6.61 Å². The predicted octanol–water partition coefficient (Wildman–Crippen LogP) is 1.12. The largest absolute Gasteiger partial charge is 0.476 e. The molecule has 1 unspecified atom stereocenters. The summed E-state index contributed by atoms with van der Waals surface area (Å²) >= 11 is 0. The second-order valence-corrected chi connectivity index (χ2v) is 4.19. The van der Waals surface area contributed by atoms with Crippen molar-refractivity contribution in [1.82, 2.24) is 5.32 Å². The third-order valence-electron chi connectivity index (χ3n) is 3.05. The minimum atomic E-state index is 0.104. The maximum atomic E-state index is 5.79. The monoisotopic (exact) mass is 232 g/mol. The normalized spacial score (nSPS) is 24.2. The Labute approximate surface area is 101 Å². The molecular weight excluding hydrogens is 216 g/mol. The summed E-state index contributed by atoms with van der Waals surface area (Å²) in [6.07, 6.45) is 0.104. The van der Waals surface area contributed by atoms with Crippen LogP contribution in [0.2, 0.25) is 0 Å². The van der Waals surface area contributed by atoms with E-state index >= 15 is 0 Å². The maximum Gasteiger partial charge on any atom is 0.216 e. The molecule has 1 aromatic carbocycles. The van der Waals surface area contributed by atoms with Crippen LogP contribution in [-0.2, 0) is 9.47 Å². The summed E-state index contributed by atoms with van der Waals surface area (Å²) < 4.78 is 11.3. The molecule has 0 radical (unpaired) electrons. The van der Waals surface area contributed by atoms with Gasteiger partial charge in [-0.15, -0.1) is 0 Å². The Kier molecular flexibility index (Phi) is 3.07. The van der Waals surface area contributed by atoms with Gasteiger partial charge in [0.1, 0.15) is 6.61 Å². The van der Waals surface area contributed by atoms with Crippen LogP contribution in [0.4, 0.5) is 0 Å². The lowest BCUT2D eigenvalue weighted by molar-refractivity contribution is 0.0275. The number of morpholine rings is 1. The van der Waals surface area contributed by atoms with E-state index in [-0.39, 0.29) is 6.10 Å². The molecule has 1 atom stereocenters. The van der Waals surface area contributed by atoms with Gasteiger partial charge in [0.05, 0.1) is 19.3 Å². The van der Waals surface area contributed by atoms with E-state index in [1.807, 2.05) is 12.1 Å². The number of nitrogens with zero attached hydrogens (tertiary/aromatic N) is 1. The molecule has 17 heavy (non-hydrogen) atoms. The summed E-state index contributed by atoms with van der Waals surface area (Å²) in [7, 11) is 0. The number of hydrogen-bond donors (Lipinski definition) is 1. The number of benzene rings is 1. The van der Waals surface area contributed by atoms with Gasteiger partial charge in [-0.3, -0.25) is 0 Å². The first kappa shape index (κ1) is 10.7. The molecule has 0 bridgehead atoms. The van der Waals surface area contributed by atoms with Crippen LogP contribution in [0.1, 0.15) is 17.2 Å². The van der Waals surface area contributed by atoms with Gasteiger partial charge >= 0.3 is 0 Å². The molecule has 2 heterocycles. The Morgan fingerprint density at radius 2 is 2.18 bits per heavy atom. The van der Waals surface area contributed by atoms with E-state index in [1.54, 1.807) is 0 Å². The topological polar surface area (TPSA) is 42.8 Å². The molecule has 4 heteroatoms. The van der Waals surface area contributed by atoms with E-state index in [4.69, 9.17) is 9.47 Å². The lowest BCUT2D eigenvalue weighted by atomic mass is 10.0. The van der Waals surface area contributed by atoms with Crippen molar-refractivity contribution in [2.75, 3.05) is 32.8 Å². The van der Waals surface area contributed by atoms with Crippen LogP contribution in [0.3, 0.4) is 0 Å². The molecule has 0 aromatic heterocycles. The summed E-state index contributed by atoms with van der Waals surface area (Å²) in [4.78, 5) is 4.38. The molecule has 0 amide bonds. The Hall–Kier alpha value is -1.39. The Morgan fingerprint density at radius 1 is 1.24 bits per heavy atom. The van der Waals surface area contributed by atoms with Crippen molar-refractivity contribution in [2.24, 2.45) is 4.99 Å². The molecule has 0 saturated carbocycles. The van der Waals surface area contributed by atoms with E-state index in [1.165, 1.54) is 5.56 Å². The quantitative estimate of drug-likeness (QED) is 0.831. The Balaban J connectivity index is 1.92. The number of aliphatic imine (C=N–C) groups is 1. The highest BCUT2D eigenvalue weighted by Gasteiger charge is 2.22. The van der Waals surface area contributed by atoms with Gasteiger partial charge < -0.3 is 14.8 Å². The van der Waals surface area contributed by atoms with E-state index in [0.717, 1.165) is 37.7 Å². The summed E-state index contributed by atoms with van der Waals surface area (Å²) in [5.74, 6) is 0.759. The lowest BCUT2D eigenvalue weighted by Gasteiger charge is -2.25. The van der Waals surface area contributed by atoms with Gasteiger partial charge in [0.15, 0.2) is 0 Å². The van der Waals surface area contributed by atoms with Gasteiger partial charge in [-0.05, 0) is 11.6 Å². The van der Waals surface area contributed by atoms with Crippen LogP contribution in [0.15, 0.2) is 29.3 Å². The second kappa shape index (κ2) is 4.85. The van der Waals surface area contributed by atoms with Crippen molar-refractivity contribution in [3.63, 3.8) is 0 Å². The molecule has 1 aromatic rings.